The summed E-state index contributed by atoms with van der Waals surface area (Å²) in [4.78, 5) is 15.4. The van der Waals surface area contributed by atoms with Crippen LogP contribution in [0.3, 0.4) is 0 Å². The Labute approximate surface area is 141 Å². The van der Waals surface area contributed by atoms with Gasteiger partial charge in [0.1, 0.15) is 12.4 Å². The minimum Gasteiger partial charge on any atom is -0.489 e. The minimum atomic E-state index is 0.179. The van der Waals surface area contributed by atoms with Crippen LogP contribution in [-0.4, -0.2) is 23.9 Å². The Morgan fingerprint density at radius 3 is 2.52 bits per heavy atom. The third kappa shape index (κ3) is 4.35. The van der Waals surface area contributed by atoms with Crippen LogP contribution in [0.2, 0.25) is 0 Å². The van der Waals surface area contributed by atoms with Crippen LogP contribution in [0.4, 0.5) is 0 Å². The average molecular weight is 329 g/mol. The van der Waals surface area contributed by atoms with Crippen molar-refractivity contribution >= 4 is 17.2 Å². The Morgan fingerprint density at radius 2 is 1.83 bits per heavy atom. The number of likely N-dealkylation sites (tertiary alicyclic amines) is 1. The zero-order valence-electron chi connectivity index (χ0n) is 13.6. The van der Waals surface area contributed by atoms with Gasteiger partial charge in [-0.25, -0.2) is 0 Å². The van der Waals surface area contributed by atoms with E-state index in [-0.39, 0.29) is 5.91 Å². The lowest BCUT2D eigenvalue weighted by molar-refractivity contribution is 0.0766. The second kappa shape index (κ2) is 7.64. The van der Waals surface area contributed by atoms with E-state index in [1.54, 1.807) is 0 Å². The third-order valence-corrected chi connectivity index (χ3v) is 5.15. The van der Waals surface area contributed by atoms with Gasteiger partial charge in [0.15, 0.2) is 0 Å². The van der Waals surface area contributed by atoms with Crippen LogP contribution >= 0.6 is 11.3 Å². The molecule has 0 bridgehead atoms. The predicted octanol–water partition coefficient (Wildman–Crippen LogP) is 4.65. The van der Waals surface area contributed by atoms with Crippen molar-refractivity contribution in [2.24, 2.45) is 0 Å². The van der Waals surface area contributed by atoms with Gasteiger partial charge in [-0.1, -0.05) is 30.5 Å². The quantitative estimate of drug-likeness (QED) is 0.817. The first-order chi connectivity index (χ1) is 11.2. The van der Waals surface area contributed by atoms with Crippen molar-refractivity contribution in [1.29, 1.82) is 0 Å². The molecule has 0 unspecified atom stereocenters. The third-order valence-electron chi connectivity index (χ3n) is 4.18. The molecule has 4 heteroatoms. The molecular formula is C19H23NO2S. The van der Waals surface area contributed by atoms with Gasteiger partial charge < -0.3 is 9.64 Å². The number of thiophene rings is 1. The van der Waals surface area contributed by atoms with Crippen molar-refractivity contribution in [3.63, 3.8) is 0 Å². The van der Waals surface area contributed by atoms with Crippen LogP contribution in [0.5, 0.6) is 5.75 Å². The Kier molecular flexibility index (Phi) is 5.34. The molecule has 1 saturated heterocycles. The highest BCUT2D eigenvalue weighted by Gasteiger charge is 2.18. The molecule has 0 N–H and O–H groups in total. The van der Waals surface area contributed by atoms with Crippen molar-refractivity contribution in [2.75, 3.05) is 13.1 Å². The van der Waals surface area contributed by atoms with Gasteiger partial charge in [-0.2, -0.15) is 0 Å². The van der Waals surface area contributed by atoms with Crippen molar-refractivity contribution in [3.8, 4) is 5.75 Å². The molecule has 0 saturated carbocycles. The average Bonchev–Trinajstić information content (AvgIpc) is 2.87. The molecule has 1 amide bonds. The largest absolute Gasteiger partial charge is 0.489 e. The van der Waals surface area contributed by atoms with Gasteiger partial charge in [0.25, 0.3) is 5.91 Å². The summed E-state index contributed by atoms with van der Waals surface area (Å²) in [6, 6.07) is 10.0. The monoisotopic (exact) mass is 329 g/mol. The minimum absolute atomic E-state index is 0.179. The van der Waals surface area contributed by atoms with Gasteiger partial charge in [0, 0.05) is 18.7 Å². The van der Waals surface area contributed by atoms with E-state index < -0.39 is 0 Å². The van der Waals surface area contributed by atoms with Crippen LogP contribution in [-0.2, 0) is 6.61 Å². The molecule has 3 nitrogen and oxygen atoms in total. The number of hydrogen-bond acceptors (Lipinski definition) is 3. The van der Waals surface area contributed by atoms with E-state index in [1.807, 2.05) is 40.6 Å². The molecule has 1 fully saturated rings. The Balaban J connectivity index is 1.58. The maximum Gasteiger partial charge on any atom is 0.263 e. The van der Waals surface area contributed by atoms with Gasteiger partial charge in [0.05, 0.1) is 4.88 Å². The number of amides is 1. The second-order valence-corrected chi connectivity index (χ2v) is 7.04. The standard InChI is InChI=1S/C19H23NO2S/c1-15-6-8-17(9-7-15)22-13-16-12-18(23-14-16)19(21)20-10-4-2-3-5-11-20/h6-9,12,14H,2-5,10-11,13H2,1H3. The van der Waals surface area contributed by atoms with E-state index >= 15 is 0 Å². The number of aryl methyl sites for hydroxylation is 1. The van der Waals surface area contributed by atoms with Crippen LogP contribution in [0, 0.1) is 6.92 Å². The predicted molar refractivity (Wildman–Crippen MR) is 94.2 cm³/mol. The van der Waals surface area contributed by atoms with Gasteiger partial charge in [-0.15, -0.1) is 11.3 Å². The first kappa shape index (κ1) is 16.1. The smallest absolute Gasteiger partial charge is 0.263 e. The highest BCUT2D eigenvalue weighted by molar-refractivity contribution is 7.12. The number of carbonyl (C=O) groups excluding carboxylic acids is 1. The van der Waals surface area contributed by atoms with Crippen molar-refractivity contribution in [2.45, 2.75) is 39.2 Å². The molecule has 0 aliphatic carbocycles. The Bertz CT molecular complexity index is 640. The number of rotatable bonds is 4. The number of nitrogens with zero attached hydrogens (tertiary/aromatic N) is 1. The Morgan fingerprint density at radius 1 is 1.13 bits per heavy atom. The maximum atomic E-state index is 12.6. The van der Waals surface area contributed by atoms with Crippen molar-refractivity contribution < 1.29 is 9.53 Å². The number of hydrogen-bond donors (Lipinski definition) is 0. The molecule has 23 heavy (non-hydrogen) atoms. The molecule has 1 aliphatic heterocycles. The summed E-state index contributed by atoms with van der Waals surface area (Å²) in [6.07, 6.45) is 4.73. The summed E-state index contributed by atoms with van der Waals surface area (Å²) in [7, 11) is 0. The van der Waals surface area contributed by atoms with Crippen molar-refractivity contribution in [3.05, 3.63) is 51.7 Å². The van der Waals surface area contributed by atoms with Crippen molar-refractivity contribution in [1.82, 2.24) is 4.90 Å². The molecule has 0 atom stereocenters. The number of ether oxygens (including phenoxy) is 1. The summed E-state index contributed by atoms with van der Waals surface area (Å²) in [5.74, 6) is 1.04. The van der Waals surface area contributed by atoms with Crippen LogP contribution < -0.4 is 4.74 Å². The summed E-state index contributed by atoms with van der Waals surface area (Å²) in [5, 5.41) is 2.03. The van der Waals surface area contributed by atoms with Crippen LogP contribution in [0.15, 0.2) is 35.7 Å². The van der Waals surface area contributed by atoms with Gasteiger partial charge >= 0.3 is 0 Å². The Hall–Kier alpha value is -1.81. The lowest BCUT2D eigenvalue weighted by Crippen LogP contribution is -2.31. The zero-order chi connectivity index (χ0) is 16.1. The summed E-state index contributed by atoms with van der Waals surface area (Å²) < 4.78 is 5.79. The lowest BCUT2D eigenvalue weighted by atomic mass is 10.2. The van der Waals surface area contributed by atoms with E-state index in [9.17, 15) is 4.79 Å². The molecule has 1 aromatic carbocycles. The summed E-state index contributed by atoms with van der Waals surface area (Å²) in [6.45, 7) is 4.36. The van der Waals surface area contributed by atoms with E-state index in [0.29, 0.717) is 6.61 Å². The van der Waals surface area contributed by atoms with E-state index in [2.05, 4.69) is 6.92 Å². The molecule has 0 spiro atoms. The van der Waals surface area contributed by atoms with Crippen LogP contribution in [0.1, 0.15) is 46.5 Å². The van der Waals surface area contributed by atoms with E-state index in [1.165, 1.54) is 29.7 Å². The number of benzene rings is 1. The molecule has 1 aromatic heterocycles. The second-order valence-electron chi connectivity index (χ2n) is 6.13. The topological polar surface area (TPSA) is 29.5 Å². The normalized spacial score (nSPS) is 15.3. The summed E-state index contributed by atoms with van der Waals surface area (Å²) in [5.41, 5.74) is 2.28. The van der Waals surface area contributed by atoms with Gasteiger partial charge in [0.2, 0.25) is 0 Å². The van der Waals surface area contributed by atoms with E-state index in [0.717, 1.165) is 42.1 Å². The fourth-order valence-electron chi connectivity index (χ4n) is 2.79. The summed E-state index contributed by atoms with van der Waals surface area (Å²) >= 11 is 1.52. The molecule has 2 heterocycles. The van der Waals surface area contributed by atoms with Gasteiger partial charge in [-0.3, -0.25) is 4.79 Å². The van der Waals surface area contributed by atoms with Crippen LogP contribution in [0.25, 0.3) is 0 Å². The molecular weight excluding hydrogens is 306 g/mol. The highest BCUT2D eigenvalue weighted by atomic mass is 32.1. The first-order valence-electron chi connectivity index (χ1n) is 8.28. The van der Waals surface area contributed by atoms with E-state index in [4.69, 9.17) is 4.74 Å². The maximum absolute atomic E-state index is 12.6. The fraction of sp³-hybridized carbons (Fsp3) is 0.421. The highest BCUT2D eigenvalue weighted by Crippen LogP contribution is 2.21. The molecule has 122 valence electrons. The fourth-order valence-corrected chi connectivity index (χ4v) is 3.66. The SMILES string of the molecule is Cc1ccc(OCc2csc(C(=O)N3CCCCCC3)c2)cc1. The first-order valence-corrected chi connectivity index (χ1v) is 9.16. The number of carbonyl (C=O) groups is 1. The molecule has 1 aliphatic rings. The molecule has 0 radical (unpaired) electrons. The molecule has 2 aromatic rings. The zero-order valence-corrected chi connectivity index (χ0v) is 14.4. The molecule has 3 rings (SSSR count). The lowest BCUT2D eigenvalue weighted by Gasteiger charge is -2.19. The van der Waals surface area contributed by atoms with Gasteiger partial charge in [-0.05, 0) is 43.3 Å².